The molecule has 1 aliphatic heterocycles. The Morgan fingerprint density at radius 1 is 1.46 bits per heavy atom. The molecule has 1 saturated heterocycles. The molecule has 1 aliphatic rings. The number of nitrogens with one attached hydrogen (secondary N) is 2. The van der Waals surface area contributed by atoms with E-state index in [2.05, 4.69) is 15.5 Å². The highest BCUT2D eigenvalue weighted by atomic mass is 19.1. The van der Waals surface area contributed by atoms with Crippen LogP contribution in [-0.4, -0.2) is 68.4 Å². The molecule has 0 spiro atoms. The van der Waals surface area contributed by atoms with Crippen LogP contribution in [0.3, 0.4) is 0 Å². The van der Waals surface area contributed by atoms with Gasteiger partial charge in [-0.3, -0.25) is 19.4 Å². The van der Waals surface area contributed by atoms with Crippen LogP contribution in [0.15, 0.2) is 24.3 Å². The van der Waals surface area contributed by atoms with Gasteiger partial charge in [0, 0.05) is 26.2 Å². The fourth-order valence-electron chi connectivity index (χ4n) is 2.85. The topological polar surface area (TPSA) is 64.7 Å². The van der Waals surface area contributed by atoms with Gasteiger partial charge in [-0.25, -0.2) is 4.39 Å². The molecule has 24 heavy (non-hydrogen) atoms. The number of benzene rings is 1. The lowest BCUT2D eigenvalue weighted by atomic mass is 10.1. The van der Waals surface area contributed by atoms with E-state index in [-0.39, 0.29) is 17.6 Å². The summed E-state index contributed by atoms with van der Waals surface area (Å²) in [5.74, 6) is -0.457. The summed E-state index contributed by atoms with van der Waals surface area (Å²) in [4.78, 5) is 27.6. The highest BCUT2D eigenvalue weighted by Crippen LogP contribution is 2.19. The Hall–Kier alpha value is -1.99. The zero-order valence-corrected chi connectivity index (χ0v) is 14.2. The number of carbonyl (C=O) groups is 2. The lowest BCUT2D eigenvalue weighted by Crippen LogP contribution is -2.48. The molecule has 1 heterocycles. The number of halogens is 1. The second-order valence-corrected chi connectivity index (χ2v) is 6.19. The average Bonchev–Trinajstić information content (AvgIpc) is 2.51. The molecule has 2 N–H and O–H groups in total. The van der Waals surface area contributed by atoms with Crippen molar-refractivity contribution in [3.05, 3.63) is 35.6 Å². The lowest BCUT2D eigenvalue weighted by Gasteiger charge is -2.27. The molecule has 0 unspecified atom stereocenters. The van der Waals surface area contributed by atoms with Gasteiger partial charge in [0.2, 0.25) is 11.8 Å². The van der Waals surface area contributed by atoms with E-state index in [4.69, 9.17) is 0 Å². The summed E-state index contributed by atoms with van der Waals surface area (Å²) in [6.07, 6.45) is 0.766. The van der Waals surface area contributed by atoms with Crippen LogP contribution in [0.2, 0.25) is 0 Å². The molecule has 0 aliphatic carbocycles. The number of hydrogen-bond donors (Lipinski definition) is 2. The number of amides is 2. The predicted octanol–water partition coefficient (Wildman–Crippen LogP) is 0.367. The van der Waals surface area contributed by atoms with Crippen LogP contribution in [0.4, 0.5) is 4.39 Å². The first-order chi connectivity index (χ1) is 11.5. The third kappa shape index (κ3) is 5.28. The first-order valence-corrected chi connectivity index (χ1v) is 8.16. The molecule has 1 aromatic carbocycles. The van der Waals surface area contributed by atoms with Crippen molar-refractivity contribution in [1.82, 2.24) is 20.4 Å². The predicted molar refractivity (Wildman–Crippen MR) is 89.9 cm³/mol. The monoisotopic (exact) mass is 336 g/mol. The summed E-state index contributed by atoms with van der Waals surface area (Å²) in [6.45, 7) is 3.21. The second-order valence-electron chi connectivity index (χ2n) is 6.19. The highest BCUT2D eigenvalue weighted by molar-refractivity contribution is 5.83. The number of piperazine rings is 1. The third-order valence-corrected chi connectivity index (χ3v) is 4.00. The van der Waals surface area contributed by atoms with E-state index in [9.17, 15) is 14.0 Å². The van der Waals surface area contributed by atoms with Crippen LogP contribution in [0, 0.1) is 5.82 Å². The van der Waals surface area contributed by atoms with E-state index in [1.54, 1.807) is 31.1 Å². The highest BCUT2D eigenvalue weighted by Gasteiger charge is 2.23. The van der Waals surface area contributed by atoms with Gasteiger partial charge >= 0.3 is 0 Å². The van der Waals surface area contributed by atoms with Gasteiger partial charge in [-0.15, -0.1) is 0 Å². The fraction of sp³-hybridized carbons (Fsp3) is 0.529. The van der Waals surface area contributed by atoms with Crippen LogP contribution >= 0.6 is 0 Å². The average molecular weight is 336 g/mol. The van der Waals surface area contributed by atoms with E-state index in [0.717, 1.165) is 19.5 Å². The van der Waals surface area contributed by atoms with Crippen molar-refractivity contribution in [2.75, 3.05) is 46.8 Å². The van der Waals surface area contributed by atoms with Crippen molar-refractivity contribution in [3.63, 3.8) is 0 Å². The molecular weight excluding hydrogens is 311 g/mol. The molecule has 0 bridgehead atoms. The Balaban J connectivity index is 1.82. The normalized spacial score (nSPS) is 16.8. The molecule has 0 saturated carbocycles. The molecule has 6 nitrogen and oxygen atoms in total. The van der Waals surface area contributed by atoms with Crippen LogP contribution in [0.25, 0.3) is 0 Å². The van der Waals surface area contributed by atoms with Gasteiger partial charge in [0.05, 0.1) is 6.54 Å². The second kappa shape index (κ2) is 8.75. The zero-order chi connectivity index (χ0) is 17.5. The fourth-order valence-corrected chi connectivity index (χ4v) is 2.85. The molecule has 0 radical (unpaired) electrons. The van der Waals surface area contributed by atoms with E-state index < -0.39 is 6.04 Å². The minimum atomic E-state index is -0.526. The standard InChI is InChI=1S/C17H25FN4O2/c1-21(2)16(13-5-3-6-14(18)11-13)17(24)20-7-4-9-22-10-8-19-15(23)12-22/h3,5-6,11,16H,4,7-10,12H2,1-2H3,(H,19,23)(H,20,24)/t16-/m1/s1. The summed E-state index contributed by atoms with van der Waals surface area (Å²) in [5, 5.41) is 5.69. The third-order valence-electron chi connectivity index (χ3n) is 4.00. The van der Waals surface area contributed by atoms with Crippen LogP contribution in [-0.2, 0) is 9.59 Å². The van der Waals surface area contributed by atoms with E-state index in [0.29, 0.717) is 25.2 Å². The van der Waals surface area contributed by atoms with E-state index in [1.165, 1.54) is 12.1 Å². The van der Waals surface area contributed by atoms with Crippen molar-refractivity contribution < 1.29 is 14.0 Å². The van der Waals surface area contributed by atoms with Crippen molar-refractivity contribution in [2.45, 2.75) is 12.5 Å². The van der Waals surface area contributed by atoms with Crippen molar-refractivity contribution >= 4 is 11.8 Å². The zero-order valence-electron chi connectivity index (χ0n) is 14.2. The van der Waals surface area contributed by atoms with Crippen molar-refractivity contribution in [1.29, 1.82) is 0 Å². The summed E-state index contributed by atoms with van der Waals surface area (Å²) < 4.78 is 13.4. The van der Waals surface area contributed by atoms with Gasteiger partial charge in [0.25, 0.3) is 0 Å². The molecule has 0 aromatic heterocycles. The molecular formula is C17H25FN4O2. The molecule has 1 fully saturated rings. The molecule has 1 aromatic rings. The number of rotatable bonds is 7. The first kappa shape index (κ1) is 18.4. The molecule has 2 rings (SSSR count). The summed E-state index contributed by atoms with van der Waals surface area (Å²) >= 11 is 0. The molecule has 1 atom stereocenters. The molecule has 132 valence electrons. The maximum Gasteiger partial charge on any atom is 0.241 e. The van der Waals surface area contributed by atoms with Crippen LogP contribution < -0.4 is 10.6 Å². The van der Waals surface area contributed by atoms with E-state index in [1.807, 2.05) is 0 Å². The number of carbonyl (C=O) groups excluding carboxylic acids is 2. The Bertz CT molecular complexity index is 579. The lowest BCUT2D eigenvalue weighted by molar-refractivity contribution is -0.126. The number of likely N-dealkylation sites (N-methyl/N-ethyl adjacent to an activating group) is 1. The Kier molecular flexibility index (Phi) is 6.69. The minimum Gasteiger partial charge on any atom is -0.354 e. The summed E-state index contributed by atoms with van der Waals surface area (Å²) in [7, 11) is 3.59. The van der Waals surface area contributed by atoms with Gasteiger partial charge in [-0.1, -0.05) is 12.1 Å². The van der Waals surface area contributed by atoms with Crippen LogP contribution in [0.1, 0.15) is 18.0 Å². The van der Waals surface area contributed by atoms with Crippen molar-refractivity contribution in [2.24, 2.45) is 0 Å². The Morgan fingerprint density at radius 2 is 2.25 bits per heavy atom. The summed E-state index contributed by atoms with van der Waals surface area (Å²) in [5.41, 5.74) is 0.630. The SMILES string of the molecule is CN(C)[C@@H](C(=O)NCCCN1CCNC(=O)C1)c1cccc(F)c1. The first-order valence-electron chi connectivity index (χ1n) is 8.16. The smallest absolute Gasteiger partial charge is 0.241 e. The Morgan fingerprint density at radius 3 is 2.92 bits per heavy atom. The molecule has 2 amide bonds. The maximum absolute atomic E-state index is 13.4. The summed E-state index contributed by atoms with van der Waals surface area (Å²) in [6, 6.07) is 5.58. The quantitative estimate of drug-likeness (QED) is 0.706. The van der Waals surface area contributed by atoms with E-state index >= 15 is 0 Å². The largest absolute Gasteiger partial charge is 0.354 e. The van der Waals surface area contributed by atoms with Gasteiger partial charge in [-0.2, -0.15) is 0 Å². The van der Waals surface area contributed by atoms with Gasteiger partial charge in [-0.05, 0) is 38.2 Å². The van der Waals surface area contributed by atoms with Crippen LogP contribution in [0.5, 0.6) is 0 Å². The molecule has 7 heteroatoms. The Labute approximate surface area is 142 Å². The minimum absolute atomic E-state index is 0.0454. The van der Waals surface area contributed by atoms with Gasteiger partial charge < -0.3 is 10.6 Å². The maximum atomic E-state index is 13.4. The number of hydrogen-bond acceptors (Lipinski definition) is 4. The number of nitrogens with zero attached hydrogens (tertiary/aromatic N) is 2. The van der Waals surface area contributed by atoms with Gasteiger partial charge in [0.1, 0.15) is 11.9 Å². The van der Waals surface area contributed by atoms with Gasteiger partial charge in [0.15, 0.2) is 0 Å². The van der Waals surface area contributed by atoms with Crippen molar-refractivity contribution in [3.8, 4) is 0 Å².